The van der Waals surface area contributed by atoms with Gasteiger partial charge < -0.3 is 0 Å². The molecule has 0 aromatic heterocycles. The predicted octanol–water partition coefficient (Wildman–Crippen LogP) is 5.90. The maximum absolute atomic E-state index is 12.5. The molecule has 6 nitrogen and oxygen atoms in total. The average molecular weight is 487 g/mol. The first-order valence-corrected chi connectivity index (χ1v) is 9.78. The minimum Gasteiger partial charge on any atom is -0.290 e. The van der Waals surface area contributed by atoms with Gasteiger partial charge in [0.15, 0.2) is 5.17 Å². The molecule has 138 valence electrons. The highest BCUT2D eigenvalue weighted by Crippen LogP contribution is 2.36. The number of likely N-dealkylation sites (N-methyl/N-ethyl adjacent to an activating group) is 1. The maximum atomic E-state index is 12.5. The van der Waals surface area contributed by atoms with Crippen LogP contribution in [0.2, 0.25) is 10.0 Å². The molecule has 0 atom stereocenters. The summed E-state index contributed by atoms with van der Waals surface area (Å²) < 4.78 is 0.748. The fourth-order valence-electron chi connectivity index (χ4n) is 2.21. The molecule has 2 aromatic rings. The number of amides is 1. The molecule has 1 aliphatic heterocycles. The van der Waals surface area contributed by atoms with Crippen molar-refractivity contribution in [2.45, 2.75) is 0 Å². The minimum atomic E-state index is -0.516. The first-order valence-electron chi connectivity index (χ1n) is 7.41. The second kappa shape index (κ2) is 8.02. The molecule has 0 aliphatic carbocycles. The summed E-state index contributed by atoms with van der Waals surface area (Å²) in [5.41, 5.74) is 0.886. The zero-order valence-electron chi connectivity index (χ0n) is 13.6. The third-order valence-corrected chi connectivity index (χ3v) is 6.25. The lowest BCUT2D eigenvalue weighted by molar-refractivity contribution is -0.384. The Hall–Kier alpha value is -1.87. The van der Waals surface area contributed by atoms with Gasteiger partial charge in [0.25, 0.3) is 11.6 Å². The van der Waals surface area contributed by atoms with Crippen LogP contribution in [0.1, 0.15) is 5.56 Å². The summed E-state index contributed by atoms with van der Waals surface area (Å²) in [7, 11) is 1.60. The summed E-state index contributed by atoms with van der Waals surface area (Å²) in [5, 5.41) is 12.2. The second-order valence-corrected chi connectivity index (χ2v) is 8.11. The molecule has 1 amide bonds. The summed E-state index contributed by atoms with van der Waals surface area (Å²) in [5.74, 6) is -0.274. The van der Waals surface area contributed by atoms with Crippen LogP contribution in [-0.4, -0.2) is 27.9 Å². The van der Waals surface area contributed by atoms with Crippen molar-refractivity contribution in [3.8, 4) is 0 Å². The number of carbonyl (C=O) groups excluding carboxylic acids is 1. The predicted molar refractivity (Wildman–Crippen MR) is 113 cm³/mol. The number of nitrogens with zero attached hydrogens (tertiary/aromatic N) is 3. The largest absolute Gasteiger partial charge is 0.290 e. The van der Waals surface area contributed by atoms with Crippen LogP contribution in [0.3, 0.4) is 0 Å². The Bertz CT molecular complexity index is 1030. The van der Waals surface area contributed by atoms with Crippen LogP contribution in [0.15, 0.2) is 50.8 Å². The van der Waals surface area contributed by atoms with Crippen molar-refractivity contribution >= 4 is 79.4 Å². The SMILES string of the molecule is CN1C(=O)/C(=C\c2cc([N+](=O)[O-])ccc2Cl)SC1=Nc1ccc(Br)c(Cl)c1. The number of benzene rings is 2. The van der Waals surface area contributed by atoms with E-state index in [9.17, 15) is 14.9 Å². The molecule has 0 bridgehead atoms. The first kappa shape index (κ1) is 19.9. The van der Waals surface area contributed by atoms with Gasteiger partial charge in [0.1, 0.15) is 0 Å². The maximum Gasteiger partial charge on any atom is 0.270 e. The zero-order valence-corrected chi connectivity index (χ0v) is 17.6. The van der Waals surface area contributed by atoms with Gasteiger partial charge in [-0.15, -0.1) is 0 Å². The molecule has 1 saturated heterocycles. The van der Waals surface area contributed by atoms with Crippen LogP contribution in [0, 0.1) is 10.1 Å². The molecule has 2 aromatic carbocycles. The lowest BCUT2D eigenvalue weighted by Crippen LogP contribution is -2.23. The number of nitro groups is 1. The van der Waals surface area contributed by atoms with Gasteiger partial charge in [0, 0.05) is 34.2 Å². The monoisotopic (exact) mass is 485 g/mol. The summed E-state index contributed by atoms with van der Waals surface area (Å²) in [6.45, 7) is 0. The minimum absolute atomic E-state index is 0.103. The van der Waals surface area contributed by atoms with Crippen molar-refractivity contribution in [1.82, 2.24) is 4.90 Å². The molecule has 1 fully saturated rings. The average Bonchev–Trinajstić information content (AvgIpc) is 2.88. The van der Waals surface area contributed by atoms with Gasteiger partial charge in [-0.1, -0.05) is 23.2 Å². The van der Waals surface area contributed by atoms with Gasteiger partial charge in [-0.2, -0.15) is 0 Å². The van der Waals surface area contributed by atoms with E-state index in [1.807, 2.05) is 0 Å². The van der Waals surface area contributed by atoms with Crippen LogP contribution in [-0.2, 0) is 4.79 Å². The van der Waals surface area contributed by atoms with Crippen LogP contribution in [0.5, 0.6) is 0 Å². The number of aliphatic imine (C=N–C) groups is 1. The number of non-ortho nitro benzene ring substituents is 1. The number of nitro benzene ring substituents is 1. The molecule has 0 N–H and O–H groups in total. The number of hydrogen-bond donors (Lipinski definition) is 0. The lowest BCUT2D eigenvalue weighted by Gasteiger charge is -2.07. The third-order valence-electron chi connectivity index (χ3n) is 3.61. The number of carbonyl (C=O) groups is 1. The number of halogens is 3. The fraction of sp³-hybridized carbons (Fsp3) is 0.0588. The molecule has 0 unspecified atom stereocenters. The molecular formula is C17H10BrCl2N3O3S. The Morgan fingerprint density at radius 3 is 2.63 bits per heavy atom. The smallest absolute Gasteiger partial charge is 0.270 e. The molecule has 0 spiro atoms. The Balaban J connectivity index is 1.95. The van der Waals surface area contributed by atoms with E-state index >= 15 is 0 Å². The van der Waals surface area contributed by atoms with Gasteiger partial charge in [-0.3, -0.25) is 19.8 Å². The highest BCUT2D eigenvalue weighted by atomic mass is 79.9. The van der Waals surface area contributed by atoms with Crippen LogP contribution >= 0.6 is 50.9 Å². The van der Waals surface area contributed by atoms with Gasteiger partial charge in [0.2, 0.25) is 0 Å². The van der Waals surface area contributed by atoms with Gasteiger partial charge in [-0.05, 0) is 58.0 Å². The number of thioether (sulfide) groups is 1. The Morgan fingerprint density at radius 1 is 1.22 bits per heavy atom. The van der Waals surface area contributed by atoms with Gasteiger partial charge >= 0.3 is 0 Å². The molecule has 10 heteroatoms. The van der Waals surface area contributed by atoms with Crippen molar-refractivity contribution in [3.63, 3.8) is 0 Å². The number of amidine groups is 1. The van der Waals surface area contributed by atoms with E-state index in [-0.39, 0.29) is 11.6 Å². The Labute approximate surface area is 177 Å². The van der Waals surface area contributed by atoms with Crippen molar-refractivity contribution in [1.29, 1.82) is 0 Å². The normalized spacial score (nSPS) is 17.2. The van der Waals surface area contributed by atoms with E-state index in [0.29, 0.717) is 31.4 Å². The number of hydrogen-bond acceptors (Lipinski definition) is 5. The van der Waals surface area contributed by atoms with E-state index in [1.165, 1.54) is 29.2 Å². The third kappa shape index (κ3) is 4.35. The number of rotatable bonds is 3. The quantitative estimate of drug-likeness (QED) is 0.307. The zero-order chi connectivity index (χ0) is 19.7. The Morgan fingerprint density at radius 2 is 1.96 bits per heavy atom. The summed E-state index contributed by atoms with van der Waals surface area (Å²) >= 11 is 16.7. The summed E-state index contributed by atoms with van der Waals surface area (Å²) in [4.78, 5) is 29.2. The molecule has 0 saturated carbocycles. The van der Waals surface area contributed by atoms with Crippen LogP contribution in [0.4, 0.5) is 11.4 Å². The highest BCUT2D eigenvalue weighted by Gasteiger charge is 2.30. The molecule has 0 radical (unpaired) electrons. The van der Waals surface area contributed by atoms with Crippen LogP contribution < -0.4 is 0 Å². The van der Waals surface area contributed by atoms with E-state index in [2.05, 4.69) is 20.9 Å². The topological polar surface area (TPSA) is 75.8 Å². The van der Waals surface area contributed by atoms with Gasteiger partial charge in [-0.25, -0.2) is 4.99 Å². The lowest BCUT2D eigenvalue weighted by atomic mass is 10.2. The first-order chi connectivity index (χ1) is 12.8. The summed E-state index contributed by atoms with van der Waals surface area (Å²) in [6.07, 6.45) is 1.52. The molecule has 1 heterocycles. The van der Waals surface area contributed by atoms with E-state index in [0.717, 1.165) is 16.2 Å². The van der Waals surface area contributed by atoms with Gasteiger partial charge in [0.05, 0.1) is 20.5 Å². The van der Waals surface area contributed by atoms with E-state index < -0.39 is 4.92 Å². The summed E-state index contributed by atoms with van der Waals surface area (Å²) in [6, 6.07) is 9.27. The standard InChI is InChI=1S/C17H10BrCl2N3O3S/c1-22-16(24)15(7-9-6-11(23(25)26)3-5-13(9)19)27-17(22)21-10-2-4-12(18)14(20)8-10/h2-8H,1H3/b15-7+,21-17?. The van der Waals surface area contributed by atoms with Crippen LogP contribution in [0.25, 0.3) is 6.08 Å². The van der Waals surface area contributed by atoms with E-state index in [1.54, 1.807) is 25.2 Å². The van der Waals surface area contributed by atoms with Crippen molar-refractivity contribution < 1.29 is 9.72 Å². The van der Waals surface area contributed by atoms with Crippen molar-refractivity contribution in [2.75, 3.05) is 7.05 Å². The Kier molecular flexibility index (Phi) is 5.90. The van der Waals surface area contributed by atoms with Crippen molar-refractivity contribution in [3.05, 3.63) is 71.5 Å². The molecule has 3 rings (SSSR count). The fourth-order valence-corrected chi connectivity index (χ4v) is 3.78. The van der Waals surface area contributed by atoms with E-state index in [4.69, 9.17) is 23.2 Å². The molecule has 27 heavy (non-hydrogen) atoms. The second-order valence-electron chi connectivity index (χ2n) is 5.43. The molecular weight excluding hydrogens is 477 g/mol. The highest BCUT2D eigenvalue weighted by molar-refractivity contribution is 9.10. The van der Waals surface area contributed by atoms with Crippen molar-refractivity contribution in [2.24, 2.45) is 4.99 Å². The molecule has 1 aliphatic rings.